The first kappa shape index (κ1) is 11.1. The average Bonchev–Trinajstić information content (AvgIpc) is 2.28. The van der Waals surface area contributed by atoms with Crippen molar-refractivity contribution in [3.63, 3.8) is 0 Å². The Morgan fingerprint density at radius 1 is 1.53 bits per heavy atom. The van der Waals surface area contributed by atoms with E-state index in [0.717, 1.165) is 5.69 Å². The van der Waals surface area contributed by atoms with Crippen molar-refractivity contribution in [2.24, 2.45) is 0 Å². The molecule has 0 saturated heterocycles. The van der Waals surface area contributed by atoms with Crippen molar-refractivity contribution in [3.8, 4) is 6.07 Å². The Hall–Kier alpha value is -2.02. The van der Waals surface area contributed by atoms with Crippen LogP contribution in [0.5, 0.6) is 0 Å². The van der Waals surface area contributed by atoms with Crippen molar-refractivity contribution in [3.05, 3.63) is 29.8 Å². The number of nitriles is 1. The Bertz CT molecular complexity index is 395. The highest BCUT2D eigenvalue weighted by molar-refractivity contribution is 5.81. The first-order valence-corrected chi connectivity index (χ1v) is 4.60. The maximum Gasteiger partial charge on any atom is 0.239 e. The fourth-order valence-corrected chi connectivity index (χ4v) is 1.28. The smallest absolute Gasteiger partial charge is 0.239 e. The maximum absolute atomic E-state index is 11.2. The molecule has 0 saturated carbocycles. The molecule has 0 aliphatic carbocycles. The van der Waals surface area contributed by atoms with Crippen molar-refractivity contribution in [2.45, 2.75) is 0 Å². The fourth-order valence-electron chi connectivity index (χ4n) is 1.28. The minimum atomic E-state index is -0.0785. The van der Waals surface area contributed by atoms with Gasteiger partial charge >= 0.3 is 0 Å². The molecular formula is C11H13N3O. The zero-order chi connectivity index (χ0) is 11.3. The Morgan fingerprint density at radius 2 is 2.20 bits per heavy atom. The number of nitrogens with one attached hydrogen (secondary N) is 1. The van der Waals surface area contributed by atoms with Gasteiger partial charge in [-0.25, -0.2) is 0 Å². The van der Waals surface area contributed by atoms with Crippen molar-refractivity contribution in [2.75, 3.05) is 25.5 Å². The minimum absolute atomic E-state index is 0.0785. The number of para-hydroxylation sites is 1. The van der Waals surface area contributed by atoms with Crippen LogP contribution in [0.4, 0.5) is 5.69 Å². The highest BCUT2D eigenvalue weighted by atomic mass is 16.1. The van der Waals surface area contributed by atoms with E-state index in [9.17, 15) is 4.79 Å². The third kappa shape index (κ3) is 2.71. The summed E-state index contributed by atoms with van der Waals surface area (Å²) < 4.78 is 0. The van der Waals surface area contributed by atoms with Gasteiger partial charge in [0.05, 0.1) is 17.8 Å². The molecule has 0 spiro atoms. The van der Waals surface area contributed by atoms with E-state index in [1.54, 1.807) is 31.1 Å². The average molecular weight is 203 g/mol. The van der Waals surface area contributed by atoms with E-state index in [1.807, 2.05) is 12.1 Å². The van der Waals surface area contributed by atoms with E-state index in [2.05, 4.69) is 11.4 Å². The van der Waals surface area contributed by atoms with Gasteiger partial charge in [-0.05, 0) is 12.1 Å². The highest BCUT2D eigenvalue weighted by Crippen LogP contribution is 2.17. The summed E-state index contributed by atoms with van der Waals surface area (Å²) in [6.45, 7) is 0.245. The van der Waals surface area contributed by atoms with Gasteiger partial charge in [-0.2, -0.15) is 5.26 Å². The second-order valence-electron chi connectivity index (χ2n) is 3.16. The molecule has 15 heavy (non-hydrogen) atoms. The molecular weight excluding hydrogens is 190 g/mol. The monoisotopic (exact) mass is 203 g/mol. The lowest BCUT2D eigenvalue weighted by Crippen LogP contribution is -2.33. The fraction of sp³-hybridized carbons (Fsp3) is 0.273. The number of likely N-dealkylation sites (N-methyl/N-ethyl adjacent to an activating group) is 2. The van der Waals surface area contributed by atoms with Gasteiger partial charge in [0.2, 0.25) is 5.91 Å². The van der Waals surface area contributed by atoms with Crippen LogP contribution in [0.2, 0.25) is 0 Å². The predicted molar refractivity (Wildman–Crippen MR) is 58.5 cm³/mol. The van der Waals surface area contributed by atoms with Crippen LogP contribution in [0, 0.1) is 11.3 Å². The number of amides is 1. The number of rotatable bonds is 3. The van der Waals surface area contributed by atoms with Crippen LogP contribution in [0.25, 0.3) is 0 Å². The Morgan fingerprint density at radius 3 is 2.80 bits per heavy atom. The third-order valence-electron chi connectivity index (χ3n) is 2.10. The van der Waals surface area contributed by atoms with E-state index in [1.165, 1.54) is 0 Å². The van der Waals surface area contributed by atoms with Crippen LogP contribution in [0.3, 0.4) is 0 Å². The third-order valence-corrected chi connectivity index (χ3v) is 2.10. The first-order valence-electron chi connectivity index (χ1n) is 4.60. The molecule has 4 heteroatoms. The molecule has 0 radical (unpaired) electrons. The second kappa shape index (κ2) is 5.01. The van der Waals surface area contributed by atoms with E-state index < -0.39 is 0 Å². The van der Waals surface area contributed by atoms with E-state index >= 15 is 0 Å². The minimum Gasteiger partial charge on any atom is -0.364 e. The number of carbonyl (C=O) groups is 1. The summed E-state index contributed by atoms with van der Waals surface area (Å²) in [6.07, 6.45) is 0. The molecule has 0 unspecified atom stereocenters. The number of nitrogens with zero attached hydrogens (tertiary/aromatic N) is 2. The van der Waals surface area contributed by atoms with Gasteiger partial charge in [-0.3, -0.25) is 4.79 Å². The van der Waals surface area contributed by atoms with Gasteiger partial charge in [-0.15, -0.1) is 0 Å². The number of anilines is 1. The summed E-state index contributed by atoms with van der Waals surface area (Å²) in [7, 11) is 3.37. The largest absolute Gasteiger partial charge is 0.364 e. The maximum atomic E-state index is 11.2. The summed E-state index contributed by atoms with van der Waals surface area (Å²) in [5.74, 6) is -0.0785. The van der Waals surface area contributed by atoms with Gasteiger partial charge in [0, 0.05) is 14.1 Å². The molecule has 0 atom stereocenters. The summed E-state index contributed by atoms with van der Waals surface area (Å²) in [6, 6.07) is 9.29. The summed E-state index contributed by atoms with van der Waals surface area (Å²) >= 11 is 0. The normalized spacial score (nSPS) is 9.13. The zero-order valence-electron chi connectivity index (χ0n) is 8.82. The first-order chi connectivity index (χ1) is 7.19. The molecule has 4 nitrogen and oxygen atoms in total. The van der Waals surface area contributed by atoms with Gasteiger partial charge in [-0.1, -0.05) is 12.1 Å². The van der Waals surface area contributed by atoms with Gasteiger partial charge in [0.15, 0.2) is 0 Å². The van der Waals surface area contributed by atoms with Crippen LogP contribution in [-0.2, 0) is 4.79 Å². The van der Waals surface area contributed by atoms with Gasteiger partial charge < -0.3 is 10.2 Å². The standard InChI is InChI=1S/C11H13N3O/c1-13-11(15)8-14(2)10-6-4-3-5-9(10)7-12/h3-6H,8H2,1-2H3,(H,13,15). The molecule has 1 aromatic carbocycles. The topological polar surface area (TPSA) is 56.1 Å². The molecule has 0 bridgehead atoms. The molecule has 1 rings (SSSR count). The van der Waals surface area contributed by atoms with Crippen LogP contribution < -0.4 is 10.2 Å². The highest BCUT2D eigenvalue weighted by Gasteiger charge is 2.08. The molecule has 0 aliphatic rings. The Labute approximate surface area is 89.1 Å². The number of benzene rings is 1. The van der Waals surface area contributed by atoms with Gasteiger partial charge in [0.1, 0.15) is 6.07 Å². The molecule has 0 fully saturated rings. The quantitative estimate of drug-likeness (QED) is 0.788. The SMILES string of the molecule is CNC(=O)CN(C)c1ccccc1C#N. The molecule has 1 N–H and O–H groups in total. The summed E-state index contributed by atoms with van der Waals surface area (Å²) in [5.41, 5.74) is 1.34. The molecule has 0 aliphatic heterocycles. The lowest BCUT2D eigenvalue weighted by atomic mass is 10.2. The van der Waals surface area contributed by atoms with Crippen molar-refractivity contribution in [1.29, 1.82) is 5.26 Å². The van der Waals surface area contributed by atoms with Crippen molar-refractivity contribution >= 4 is 11.6 Å². The second-order valence-corrected chi connectivity index (χ2v) is 3.16. The summed E-state index contributed by atoms with van der Waals surface area (Å²) in [5, 5.41) is 11.4. The van der Waals surface area contributed by atoms with Crippen molar-refractivity contribution < 1.29 is 4.79 Å². The summed E-state index contributed by atoms with van der Waals surface area (Å²) in [4.78, 5) is 12.9. The molecule has 1 aromatic rings. The number of hydrogen-bond donors (Lipinski definition) is 1. The molecule has 0 heterocycles. The molecule has 0 aromatic heterocycles. The van der Waals surface area contributed by atoms with Crippen LogP contribution in [-0.4, -0.2) is 26.5 Å². The molecule has 78 valence electrons. The van der Waals surface area contributed by atoms with Crippen LogP contribution in [0.15, 0.2) is 24.3 Å². The van der Waals surface area contributed by atoms with Gasteiger partial charge in [0.25, 0.3) is 0 Å². The van der Waals surface area contributed by atoms with Crippen LogP contribution in [0.1, 0.15) is 5.56 Å². The Kier molecular flexibility index (Phi) is 3.69. The Balaban J connectivity index is 2.87. The van der Waals surface area contributed by atoms with Crippen molar-refractivity contribution in [1.82, 2.24) is 5.32 Å². The number of carbonyl (C=O) groups excluding carboxylic acids is 1. The van der Waals surface area contributed by atoms with E-state index in [4.69, 9.17) is 5.26 Å². The lowest BCUT2D eigenvalue weighted by Gasteiger charge is -2.19. The number of hydrogen-bond acceptors (Lipinski definition) is 3. The molecule has 1 amide bonds. The predicted octanol–water partition coefficient (Wildman–Crippen LogP) is 0.740. The van der Waals surface area contributed by atoms with E-state index in [-0.39, 0.29) is 12.5 Å². The zero-order valence-corrected chi connectivity index (χ0v) is 8.82. The van der Waals surface area contributed by atoms with Crippen LogP contribution >= 0.6 is 0 Å². The lowest BCUT2D eigenvalue weighted by molar-refractivity contribution is -0.119. The van der Waals surface area contributed by atoms with E-state index in [0.29, 0.717) is 5.56 Å².